The second-order valence-electron chi connectivity index (χ2n) is 6.59. The van der Waals surface area contributed by atoms with Crippen LogP contribution in [0.3, 0.4) is 0 Å². The second kappa shape index (κ2) is 7.58. The Balaban J connectivity index is 1.26. The fourth-order valence-corrected chi connectivity index (χ4v) is 3.40. The standard InChI is InChI=1S/C20H23N5O/c26-20(23-17-5-2-1-3-6-17)25-13-11-24(12-14-25)10-8-16-15-22-19-18(16)7-4-9-21-19/h1-7,9,15H,8,10-14H2,(H,21,22)(H,23,26). The molecule has 1 aliphatic heterocycles. The molecule has 0 saturated carbocycles. The van der Waals surface area contributed by atoms with Crippen LogP contribution in [-0.4, -0.2) is 58.5 Å². The lowest BCUT2D eigenvalue weighted by Gasteiger charge is -2.34. The largest absolute Gasteiger partial charge is 0.346 e. The van der Waals surface area contributed by atoms with Gasteiger partial charge < -0.3 is 15.2 Å². The van der Waals surface area contributed by atoms with Gasteiger partial charge in [0.1, 0.15) is 5.65 Å². The Labute approximate surface area is 152 Å². The summed E-state index contributed by atoms with van der Waals surface area (Å²) < 4.78 is 0. The molecule has 26 heavy (non-hydrogen) atoms. The minimum Gasteiger partial charge on any atom is -0.346 e. The molecule has 6 heteroatoms. The molecule has 6 nitrogen and oxygen atoms in total. The van der Waals surface area contributed by atoms with E-state index in [9.17, 15) is 4.79 Å². The van der Waals surface area contributed by atoms with Crippen molar-refractivity contribution in [3.8, 4) is 0 Å². The Bertz CT molecular complexity index is 868. The number of aromatic amines is 1. The van der Waals surface area contributed by atoms with Crippen molar-refractivity contribution < 1.29 is 4.79 Å². The highest BCUT2D eigenvalue weighted by Gasteiger charge is 2.21. The first-order chi connectivity index (χ1) is 12.8. The second-order valence-corrected chi connectivity index (χ2v) is 6.59. The molecule has 2 aromatic heterocycles. The Morgan fingerprint density at radius 2 is 1.88 bits per heavy atom. The van der Waals surface area contributed by atoms with Gasteiger partial charge in [-0.3, -0.25) is 4.90 Å². The van der Waals surface area contributed by atoms with Crippen molar-refractivity contribution >= 4 is 22.8 Å². The smallest absolute Gasteiger partial charge is 0.321 e. The van der Waals surface area contributed by atoms with Crippen LogP contribution in [-0.2, 0) is 6.42 Å². The fraction of sp³-hybridized carbons (Fsp3) is 0.300. The number of urea groups is 1. The van der Waals surface area contributed by atoms with Crippen LogP contribution >= 0.6 is 0 Å². The zero-order valence-corrected chi connectivity index (χ0v) is 14.7. The Kier molecular flexibility index (Phi) is 4.84. The zero-order valence-electron chi connectivity index (χ0n) is 14.7. The molecule has 1 aromatic carbocycles. The van der Waals surface area contributed by atoms with Crippen molar-refractivity contribution in [2.24, 2.45) is 0 Å². The quantitative estimate of drug-likeness (QED) is 0.761. The van der Waals surface area contributed by atoms with Crippen LogP contribution < -0.4 is 5.32 Å². The van der Waals surface area contributed by atoms with Crippen LogP contribution in [0.5, 0.6) is 0 Å². The molecular formula is C20H23N5O. The normalized spacial score (nSPS) is 15.3. The highest BCUT2D eigenvalue weighted by Crippen LogP contribution is 2.17. The van der Waals surface area contributed by atoms with Crippen molar-refractivity contribution in [3.05, 3.63) is 60.4 Å². The van der Waals surface area contributed by atoms with E-state index in [4.69, 9.17) is 0 Å². The number of carbonyl (C=O) groups is 1. The number of nitrogens with one attached hydrogen (secondary N) is 2. The number of amides is 2. The number of pyridine rings is 1. The summed E-state index contributed by atoms with van der Waals surface area (Å²) in [6.07, 6.45) is 4.85. The maximum atomic E-state index is 12.4. The van der Waals surface area contributed by atoms with Crippen molar-refractivity contribution in [3.63, 3.8) is 0 Å². The molecule has 1 fully saturated rings. The van der Waals surface area contributed by atoms with Crippen molar-refractivity contribution in [2.45, 2.75) is 6.42 Å². The molecule has 2 amide bonds. The van der Waals surface area contributed by atoms with E-state index in [1.165, 1.54) is 10.9 Å². The molecule has 0 bridgehead atoms. The van der Waals surface area contributed by atoms with E-state index < -0.39 is 0 Å². The van der Waals surface area contributed by atoms with Gasteiger partial charge in [-0.15, -0.1) is 0 Å². The van der Waals surface area contributed by atoms with E-state index in [0.29, 0.717) is 0 Å². The van der Waals surface area contributed by atoms with Gasteiger partial charge in [-0.2, -0.15) is 0 Å². The number of fused-ring (bicyclic) bond motifs is 1. The average molecular weight is 349 g/mol. The predicted molar refractivity (Wildman–Crippen MR) is 103 cm³/mol. The number of piperazine rings is 1. The molecule has 4 rings (SSSR count). The summed E-state index contributed by atoms with van der Waals surface area (Å²) in [5, 5.41) is 4.16. The highest BCUT2D eigenvalue weighted by atomic mass is 16.2. The number of rotatable bonds is 4. The molecule has 0 aliphatic carbocycles. The Morgan fingerprint density at radius 1 is 1.08 bits per heavy atom. The number of nitrogens with zero attached hydrogens (tertiary/aromatic N) is 3. The van der Waals surface area contributed by atoms with Gasteiger partial charge in [-0.25, -0.2) is 9.78 Å². The zero-order chi connectivity index (χ0) is 17.8. The minimum absolute atomic E-state index is 0.0152. The first-order valence-electron chi connectivity index (χ1n) is 9.04. The molecule has 3 heterocycles. The Hall–Kier alpha value is -2.86. The molecular weight excluding hydrogens is 326 g/mol. The van der Waals surface area contributed by atoms with Gasteiger partial charge in [0.2, 0.25) is 0 Å². The molecule has 0 radical (unpaired) electrons. The molecule has 2 N–H and O–H groups in total. The summed E-state index contributed by atoms with van der Waals surface area (Å²) in [5.74, 6) is 0. The summed E-state index contributed by atoms with van der Waals surface area (Å²) >= 11 is 0. The van der Waals surface area contributed by atoms with E-state index in [1.54, 1.807) is 0 Å². The molecule has 0 spiro atoms. The maximum Gasteiger partial charge on any atom is 0.321 e. The van der Waals surface area contributed by atoms with E-state index in [0.717, 1.165) is 50.5 Å². The molecule has 0 atom stereocenters. The molecule has 3 aromatic rings. The van der Waals surface area contributed by atoms with E-state index in [-0.39, 0.29) is 6.03 Å². The number of para-hydroxylation sites is 1. The van der Waals surface area contributed by atoms with Crippen LogP contribution in [0, 0.1) is 0 Å². The molecule has 1 aliphatic rings. The first kappa shape index (κ1) is 16.6. The highest BCUT2D eigenvalue weighted by molar-refractivity contribution is 5.89. The summed E-state index contributed by atoms with van der Waals surface area (Å²) in [5.41, 5.74) is 3.09. The summed E-state index contributed by atoms with van der Waals surface area (Å²) in [4.78, 5) is 24.2. The molecule has 134 valence electrons. The predicted octanol–water partition coefficient (Wildman–Crippen LogP) is 2.96. The minimum atomic E-state index is -0.0152. The number of hydrogen-bond donors (Lipinski definition) is 2. The monoisotopic (exact) mass is 349 g/mol. The van der Waals surface area contributed by atoms with Crippen LogP contribution in [0.15, 0.2) is 54.9 Å². The van der Waals surface area contributed by atoms with E-state index in [1.807, 2.05) is 47.5 Å². The maximum absolute atomic E-state index is 12.4. The average Bonchev–Trinajstić information content (AvgIpc) is 3.11. The summed E-state index contributed by atoms with van der Waals surface area (Å²) in [6, 6.07) is 13.7. The van der Waals surface area contributed by atoms with Crippen molar-refractivity contribution in [1.29, 1.82) is 0 Å². The number of benzene rings is 1. The van der Waals surface area contributed by atoms with Gasteiger partial charge in [0.15, 0.2) is 0 Å². The number of aromatic nitrogens is 2. The van der Waals surface area contributed by atoms with Crippen molar-refractivity contribution in [1.82, 2.24) is 19.8 Å². The van der Waals surface area contributed by atoms with Gasteiger partial charge in [0.25, 0.3) is 0 Å². The number of anilines is 1. The first-order valence-corrected chi connectivity index (χ1v) is 9.04. The summed E-state index contributed by atoms with van der Waals surface area (Å²) in [6.45, 7) is 4.32. The van der Waals surface area contributed by atoms with E-state index in [2.05, 4.69) is 32.4 Å². The Morgan fingerprint density at radius 3 is 2.69 bits per heavy atom. The SMILES string of the molecule is O=C(Nc1ccccc1)N1CCN(CCc2c[nH]c3ncccc23)CC1. The topological polar surface area (TPSA) is 64.3 Å². The summed E-state index contributed by atoms with van der Waals surface area (Å²) in [7, 11) is 0. The van der Waals surface area contributed by atoms with E-state index >= 15 is 0 Å². The van der Waals surface area contributed by atoms with Crippen LogP contribution in [0.4, 0.5) is 10.5 Å². The van der Waals surface area contributed by atoms with Crippen molar-refractivity contribution in [2.75, 3.05) is 38.0 Å². The van der Waals surface area contributed by atoms with Gasteiger partial charge in [0.05, 0.1) is 0 Å². The van der Waals surface area contributed by atoms with Gasteiger partial charge in [0, 0.05) is 56.2 Å². The third kappa shape index (κ3) is 3.70. The van der Waals surface area contributed by atoms with Crippen LogP contribution in [0.2, 0.25) is 0 Å². The number of carbonyl (C=O) groups excluding carboxylic acids is 1. The lowest BCUT2D eigenvalue weighted by Crippen LogP contribution is -2.50. The van der Waals surface area contributed by atoms with Crippen LogP contribution in [0.25, 0.3) is 11.0 Å². The van der Waals surface area contributed by atoms with Gasteiger partial charge in [-0.05, 0) is 36.2 Å². The lowest BCUT2D eigenvalue weighted by atomic mass is 10.1. The third-order valence-corrected chi connectivity index (χ3v) is 4.92. The molecule has 0 unspecified atom stereocenters. The molecule has 1 saturated heterocycles. The lowest BCUT2D eigenvalue weighted by molar-refractivity contribution is 0.148. The third-order valence-electron chi connectivity index (χ3n) is 4.92. The van der Waals surface area contributed by atoms with Gasteiger partial charge >= 0.3 is 6.03 Å². The number of hydrogen-bond acceptors (Lipinski definition) is 3. The van der Waals surface area contributed by atoms with Gasteiger partial charge in [-0.1, -0.05) is 18.2 Å². The van der Waals surface area contributed by atoms with Crippen LogP contribution in [0.1, 0.15) is 5.56 Å². The number of H-pyrrole nitrogens is 1. The fourth-order valence-electron chi connectivity index (χ4n) is 3.40.